The fraction of sp³-hybridized carbons (Fsp3) is 0.344. The van der Waals surface area contributed by atoms with Gasteiger partial charge in [-0.15, -0.1) is 0 Å². The Kier molecular flexibility index (Phi) is 8.63. The quantitative estimate of drug-likeness (QED) is 0.252. The third kappa shape index (κ3) is 6.73. The van der Waals surface area contributed by atoms with Crippen LogP contribution in [0, 0.1) is 28.9 Å². The zero-order chi connectivity index (χ0) is 29.0. The number of nitrogens with zero attached hydrogens (tertiary/aromatic N) is 3. The number of nitrogens with one attached hydrogen (secondary N) is 1. The van der Waals surface area contributed by atoms with Gasteiger partial charge in [0.2, 0.25) is 5.91 Å². The first kappa shape index (κ1) is 28.7. The molecular formula is C32H32F4N4O. The number of amides is 1. The Morgan fingerprint density at radius 2 is 1.56 bits per heavy atom. The molecule has 0 spiro atoms. The molecule has 2 heterocycles. The normalized spacial score (nSPS) is 20.6. The lowest BCUT2D eigenvalue weighted by molar-refractivity contribution is -0.132. The average molecular weight is 565 g/mol. The van der Waals surface area contributed by atoms with Crippen molar-refractivity contribution in [2.45, 2.75) is 31.2 Å². The van der Waals surface area contributed by atoms with Gasteiger partial charge in [0.15, 0.2) is 0 Å². The van der Waals surface area contributed by atoms with Crippen LogP contribution in [0.4, 0.5) is 23.2 Å². The fourth-order valence-corrected chi connectivity index (χ4v) is 5.78. The summed E-state index contributed by atoms with van der Waals surface area (Å²) in [6.07, 6.45) is 2.34. The molecule has 0 aliphatic carbocycles. The van der Waals surface area contributed by atoms with Crippen LogP contribution in [0.1, 0.15) is 29.9 Å². The Morgan fingerprint density at radius 3 is 2.17 bits per heavy atom. The summed E-state index contributed by atoms with van der Waals surface area (Å²) in [5, 5.41) is 8.18. The minimum absolute atomic E-state index is 0.154. The molecule has 2 atom stereocenters. The van der Waals surface area contributed by atoms with E-state index in [9.17, 15) is 13.6 Å². The molecular weight excluding hydrogens is 532 g/mol. The number of carbonyl (C=O) groups is 1. The number of carbonyl (C=O) groups excluding carboxylic acids is 1. The molecule has 2 aliphatic heterocycles. The molecule has 2 saturated heterocycles. The van der Waals surface area contributed by atoms with Gasteiger partial charge in [-0.3, -0.25) is 14.7 Å². The highest BCUT2D eigenvalue weighted by Crippen LogP contribution is 2.41. The van der Waals surface area contributed by atoms with E-state index in [0.29, 0.717) is 24.2 Å². The van der Waals surface area contributed by atoms with Crippen molar-refractivity contribution < 1.29 is 22.4 Å². The zero-order valence-corrected chi connectivity index (χ0v) is 22.5. The van der Waals surface area contributed by atoms with E-state index in [1.807, 2.05) is 18.2 Å². The number of benzene rings is 3. The number of hydrogen-bond acceptors (Lipinski definition) is 4. The van der Waals surface area contributed by atoms with Crippen molar-refractivity contribution in [3.8, 4) is 0 Å². The van der Waals surface area contributed by atoms with Crippen molar-refractivity contribution in [3.05, 3.63) is 102 Å². The number of alkyl halides is 2. The fourth-order valence-electron chi connectivity index (χ4n) is 5.78. The summed E-state index contributed by atoms with van der Waals surface area (Å²) in [4.78, 5) is 21.9. The summed E-state index contributed by atoms with van der Waals surface area (Å²) in [6.45, 7) is 1.24. The van der Waals surface area contributed by atoms with Gasteiger partial charge in [0.05, 0.1) is 18.2 Å². The summed E-state index contributed by atoms with van der Waals surface area (Å²) < 4.78 is 57.2. The van der Waals surface area contributed by atoms with E-state index < -0.39 is 41.8 Å². The standard InChI is InChI=1S/C32H32F4N4O/c33-25-8-6-23(7-9-25)29-20-40(21-32(29,35)36)31(41)28(18-37)30(38-27-12-10-26(34)11-13-27)24-14-16-39(17-15-24)19-22-4-2-1-3-5-22/h1-13,18,24,28-29,37H,14-17,19-21H2. The molecule has 0 radical (unpaired) electrons. The predicted molar refractivity (Wildman–Crippen MR) is 151 cm³/mol. The number of piperidine rings is 1. The summed E-state index contributed by atoms with van der Waals surface area (Å²) in [5.74, 6) is -7.34. The Balaban J connectivity index is 1.37. The minimum atomic E-state index is -3.21. The lowest BCUT2D eigenvalue weighted by atomic mass is 9.84. The van der Waals surface area contributed by atoms with Crippen molar-refractivity contribution in [2.24, 2.45) is 16.8 Å². The molecule has 0 bridgehead atoms. The van der Waals surface area contributed by atoms with Gasteiger partial charge in [-0.1, -0.05) is 42.5 Å². The van der Waals surface area contributed by atoms with Crippen molar-refractivity contribution in [3.63, 3.8) is 0 Å². The lowest BCUT2D eigenvalue weighted by Crippen LogP contribution is -2.44. The van der Waals surface area contributed by atoms with Crippen LogP contribution in [-0.4, -0.2) is 59.7 Å². The smallest absolute Gasteiger partial charge is 0.273 e. The third-order valence-electron chi connectivity index (χ3n) is 7.99. The van der Waals surface area contributed by atoms with Crippen LogP contribution in [-0.2, 0) is 11.3 Å². The molecule has 2 aliphatic rings. The molecule has 41 heavy (non-hydrogen) atoms. The van der Waals surface area contributed by atoms with Crippen LogP contribution >= 0.6 is 0 Å². The first-order chi connectivity index (χ1) is 19.7. The number of halogens is 4. The van der Waals surface area contributed by atoms with Crippen LogP contribution in [0.5, 0.6) is 0 Å². The molecule has 3 aromatic rings. The summed E-state index contributed by atoms with van der Waals surface area (Å²) in [7, 11) is 0. The van der Waals surface area contributed by atoms with Gasteiger partial charge in [-0.2, -0.15) is 0 Å². The minimum Gasteiger partial charge on any atom is -0.335 e. The van der Waals surface area contributed by atoms with Gasteiger partial charge in [-0.25, -0.2) is 17.6 Å². The van der Waals surface area contributed by atoms with Crippen molar-refractivity contribution in [1.82, 2.24) is 9.80 Å². The number of hydrogen-bond donors (Lipinski definition) is 1. The first-order valence-electron chi connectivity index (χ1n) is 13.8. The second-order valence-electron chi connectivity index (χ2n) is 10.8. The number of aliphatic imine (C=N–C) groups is 1. The molecule has 2 fully saturated rings. The van der Waals surface area contributed by atoms with E-state index >= 15 is 8.78 Å². The highest BCUT2D eigenvalue weighted by molar-refractivity contribution is 6.16. The zero-order valence-electron chi connectivity index (χ0n) is 22.5. The predicted octanol–water partition coefficient (Wildman–Crippen LogP) is 6.48. The maximum absolute atomic E-state index is 15.1. The molecule has 0 saturated carbocycles. The Bertz CT molecular complexity index is 1370. The van der Waals surface area contributed by atoms with E-state index in [2.05, 4.69) is 17.0 Å². The highest BCUT2D eigenvalue weighted by atomic mass is 19.3. The van der Waals surface area contributed by atoms with Crippen LogP contribution in [0.15, 0.2) is 83.9 Å². The van der Waals surface area contributed by atoms with Gasteiger partial charge in [-0.05, 0) is 73.5 Å². The molecule has 214 valence electrons. The monoisotopic (exact) mass is 564 g/mol. The Morgan fingerprint density at radius 1 is 0.951 bits per heavy atom. The van der Waals surface area contributed by atoms with E-state index in [-0.39, 0.29) is 18.0 Å². The van der Waals surface area contributed by atoms with Gasteiger partial charge in [0.1, 0.15) is 17.6 Å². The largest absolute Gasteiger partial charge is 0.335 e. The summed E-state index contributed by atoms with van der Waals surface area (Å²) in [6, 6.07) is 20.6. The van der Waals surface area contributed by atoms with E-state index in [1.54, 1.807) is 0 Å². The molecule has 1 amide bonds. The Hall–Kier alpha value is -3.85. The van der Waals surface area contributed by atoms with E-state index in [0.717, 1.165) is 42.9 Å². The third-order valence-corrected chi connectivity index (χ3v) is 7.99. The molecule has 2 unspecified atom stereocenters. The Labute approximate surface area is 237 Å². The van der Waals surface area contributed by atoms with Crippen LogP contribution < -0.4 is 0 Å². The van der Waals surface area contributed by atoms with Gasteiger partial charge >= 0.3 is 0 Å². The van der Waals surface area contributed by atoms with Crippen molar-refractivity contribution in [1.29, 1.82) is 5.41 Å². The molecule has 3 aromatic carbocycles. The maximum Gasteiger partial charge on any atom is 0.273 e. The lowest BCUT2D eigenvalue weighted by Gasteiger charge is -2.34. The van der Waals surface area contributed by atoms with Crippen molar-refractivity contribution in [2.75, 3.05) is 26.2 Å². The number of rotatable bonds is 8. The second-order valence-corrected chi connectivity index (χ2v) is 10.8. The molecule has 1 N–H and O–H groups in total. The van der Waals surface area contributed by atoms with Gasteiger partial charge in [0.25, 0.3) is 5.92 Å². The van der Waals surface area contributed by atoms with E-state index in [1.165, 1.54) is 42.0 Å². The molecule has 5 rings (SSSR count). The van der Waals surface area contributed by atoms with Gasteiger partial charge in [0, 0.05) is 30.9 Å². The SMILES string of the molecule is N=CC(C(=O)N1CC(c2ccc(F)cc2)C(F)(F)C1)C(=Nc1ccc(F)cc1)C1CCN(Cc2ccccc2)CC1. The molecule has 0 aromatic heterocycles. The summed E-state index contributed by atoms with van der Waals surface area (Å²) in [5.41, 5.74) is 2.32. The van der Waals surface area contributed by atoms with Crippen LogP contribution in [0.2, 0.25) is 0 Å². The van der Waals surface area contributed by atoms with Crippen LogP contribution in [0.3, 0.4) is 0 Å². The number of likely N-dealkylation sites (tertiary alicyclic amines) is 2. The first-order valence-corrected chi connectivity index (χ1v) is 13.8. The van der Waals surface area contributed by atoms with Crippen LogP contribution in [0.25, 0.3) is 0 Å². The molecule has 5 nitrogen and oxygen atoms in total. The van der Waals surface area contributed by atoms with Gasteiger partial charge < -0.3 is 10.3 Å². The second kappa shape index (κ2) is 12.3. The average Bonchev–Trinajstić information content (AvgIpc) is 3.30. The van der Waals surface area contributed by atoms with E-state index in [4.69, 9.17) is 10.4 Å². The maximum atomic E-state index is 15.1. The molecule has 9 heteroatoms. The highest BCUT2D eigenvalue weighted by Gasteiger charge is 2.51. The van der Waals surface area contributed by atoms with Crippen molar-refractivity contribution >= 4 is 23.5 Å². The summed E-state index contributed by atoms with van der Waals surface area (Å²) >= 11 is 0. The topological polar surface area (TPSA) is 59.8 Å².